The largest absolute Gasteiger partial charge is 0.416 e. The van der Waals surface area contributed by atoms with E-state index in [0.29, 0.717) is 6.07 Å². The minimum atomic E-state index is -4.49. The zero-order valence-corrected chi connectivity index (χ0v) is 6.66. The first kappa shape index (κ1) is 9.98. The van der Waals surface area contributed by atoms with E-state index in [1.165, 1.54) is 0 Å². The van der Waals surface area contributed by atoms with Crippen LogP contribution in [0.4, 0.5) is 17.6 Å². The van der Waals surface area contributed by atoms with Gasteiger partial charge in [-0.15, -0.1) is 0 Å². The molecule has 0 saturated carbocycles. The molecule has 0 amide bonds. The van der Waals surface area contributed by atoms with E-state index < -0.39 is 17.6 Å². The molecule has 0 aromatic heterocycles. The van der Waals surface area contributed by atoms with Crippen molar-refractivity contribution in [3.8, 4) is 0 Å². The smallest absolute Gasteiger partial charge is 0.354 e. The highest BCUT2D eigenvalue weighted by atomic mass is 19.4. The molecule has 3 N–H and O–H groups in total. The maximum Gasteiger partial charge on any atom is 0.416 e. The zero-order valence-electron chi connectivity index (χ0n) is 6.66. The average molecular weight is 194 g/mol. The molecule has 5 heteroatoms. The van der Waals surface area contributed by atoms with Crippen LogP contribution in [0, 0.1) is 5.82 Å². The quantitative estimate of drug-likeness (QED) is 0.657. The Morgan fingerprint density at radius 2 is 1.85 bits per heavy atom. The fourth-order valence-electron chi connectivity index (χ4n) is 0.926. The number of halogens is 4. The Bertz CT molecular complexity index is 306. The predicted octanol–water partition coefficient (Wildman–Crippen LogP) is 1.59. The molecule has 0 aliphatic rings. The van der Waals surface area contributed by atoms with Crippen LogP contribution < -0.4 is 5.73 Å². The lowest BCUT2D eigenvalue weighted by atomic mass is 10.1. The van der Waals surface area contributed by atoms with Crippen molar-refractivity contribution in [3.05, 3.63) is 35.1 Å². The van der Waals surface area contributed by atoms with Gasteiger partial charge in [-0.05, 0) is 18.2 Å². The molecule has 0 fully saturated rings. The number of alkyl halides is 3. The van der Waals surface area contributed by atoms with Crippen LogP contribution in [0.3, 0.4) is 0 Å². The van der Waals surface area contributed by atoms with E-state index in [-0.39, 0.29) is 12.1 Å². The molecule has 72 valence electrons. The summed E-state index contributed by atoms with van der Waals surface area (Å²) in [4.78, 5) is 0. The van der Waals surface area contributed by atoms with Gasteiger partial charge in [0.15, 0.2) is 0 Å². The van der Waals surface area contributed by atoms with Crippen LogP contribution in [0.1, 0.15) is 11.1 Å². The summed E-state index contributed by atoms with van der Waals surface area (Å²) in [6, 6.07) is 2.44. The van der Waals surface area contributed by atoms with E-state index in [1.807, 2.05) is 0 Å². The molecule has 0 heterocycles. The molecular formula is C8H8F4N+. The lowest BCUT2D eigenvalue weighted by Gasteiger charge is -2.07. The monoisotopic (exact) mass is 194 g/mol. The van der Waals surface area contributed by atoms with Gasteiger partial charge in [0, 0.05) is 5.56 Å². The third-order valence-corrected chi connectivity index (χ3v) is 1.65. The molecule has 1 nitrogen and oxygen atoms in total. The fourth-order valence-corrected chi connectivity index (χ4v) is 0.926. The molecular weight excluding hydrogens is 186 g/mol. The van der Waals surface area contributed by atoms with Crippen molar-refractivity contribution in [2.75, 3.05) is 0 Å². The lowest BCUT2D eigenvalue weighted by Crippen LogP contribution is -2.47. The SMILES string of the molecule is [NH3+]Cc1ccc(C(F)(F)F)cc1F. The Kier molecular flexibility index (Phi) is 2.56. The summed E-state index contributed by atoms with van der Waals surface area (Å²) in [6.45, 7) is 0.143. The number of rotatable bonds is 1. The first-order valence-corrected chi connectivity index (χ1v) is 3.60. The highest BCUT2D eigenvalue weighted by Crippen LogP contribution is 2.29. The van der Waals surface area contributed by atoms with Gasteiger partial charge in [-0.1, -0.05) is 0 Å². The second-order valence-corrected chi connectivity index (χ2v) is 2.55. The van der Waals surface area contributed by atoms with E-state index >= 15 is 0 Å². The molecule has 1 rings (SSSR count). The van der Waals surface area contributed by atoms with Crippen molar-refractivity contribution < 1.29 is 23.3 Å². The Hall–Kier alpha value is -1.10. The van der Waals surface area contributed by atoms with Gasteiger partial charge < -0.3 is 5.73 Å². The molecule has 0 atom stereocenters. The summed E-state index contributed by atoms with van der Waals surface area (Å²) in [6.07, 6.45) is -4.49. The normalized spacial score (nSPS) is 11.8. The molecule has 13 heavy (non-hydrogen) atoms. The number of benzene rings is 1. The van der Waals surface area contributed by atoms with Crippen LogP contribution in [-0.2, 0) is 12.7 Å². The van der Waals surface area contributed by atoms with Gasteiger partial charge in [0.2, 0.25) is 0 Å². The minimum Gasteiger partial charge on any atom is -0.354 e. The van der Waals surface area contributed by atoms with Gasteiger partial charge in [0.1, 0.15) is 12.4 Å². The van der Waals surface area contributed by atoms with Crippen molar-refractivity contribution in [1.82, 2.24) is 0 Å². The Morgan fingerprint density at radius 1 is 1.23 bits per heavy atom. The van der Waals surface area contributed by atoms with E-state index in [2.05, 4.69) is 5.73 Å². The average Bonchev–Trinajstić information content (AvgIpc) is 2.02. The van der Waals surface area contributed by atoms with Crippen molar-refractivity contribution in [1.29, 1.82) is 0 Å². The maximum atomic E-state index is 12.8. The van der Waals surface area contributed by atoms with E-state index in [9.17, 15) is 17.6 Å². The van der Waals surface area contributed by atoms with Crippen molar-refractivity contribution in [3.63, 3.8) is 0 Å². The fraction of sp³-hybridized carbons (Fsp3) is 0.250. The number of hydrogen-bond acceptors (Lipinski definition) is 0. The van der Waals surface area contributed by atoms with Gasteiger partial charge in [0.05, 0.1) is 5.56 Å². The van der Waals surface area contributed by atoms with Crippen LogP contribution in [0.15, 0.2) is 18.2 Å². The van der Waals surface area contributed by atoms with Gasteiger partial charge in [-0.25, -0.2) is 4.39 Å². The molecule has 1 aromatic rings. The minimum absolute atomic E-state index is 0.143. The highest BCUT2D eigenvalue weighted by Gasteiger charge is 2.31. The summed E-state index contributed by atoms with van der Waals surface area (Å²) >= 11 is 0. The van der Waals surface area contributed by atoms with Crippen molar-refractivity contribution in [2.45, 2.75) is 12.7 Å². The summed E-state index contributed by atoms with van der Waals surface area (Å²) in [5.74, 6) is -0.857. The van der Waals surface area contributed by atoms with E-state index in [1.54, 1.807) is 0 Å². The van der Waals surface area contributed by atoms with Crippen LogP contribution in [0.25, 0.3) is 0 Å². The molecule has 0 aliphatic carbocycles. The summed E-state index contributed by atoms with van der Waals surface area (Å²) in [7, 11) is 0. The summed E-state index contributed by atoms with van der Waals surface area (Å²) in [5, 5.41) is 0. The summed E-state index contributed by atoms with van der Waals surface area (Å²) < 4.78 is 48.9. The lowest BCUT2D eigenvalue weighted by molar-refractivity contribution is -0.387. The second-order valence-electron chi connectivity index (χ2n) is 2.55. The van der Waals surface area contributed by atoms with Gasteiger partial charge in [-0.3, -0.25) is 0 Å². The summed E-state index contributed by atoms with van der Waals surface area (Å²) in [5.41, 5.74) is 2.61. The van der Waals surface area contributed by atoms with Crippen molar-refractivity contribution >= 4 is 0 Å². The molecule has 1 aromatic carbocycles. The van der Waals surface area contributed by atoms with Crippen LogP contribution in [-0.4, -0.2) is 0 Å². The number of hydrogen-bond donors (Lipinski definition) is 1. The molecule has 0 aliphatic heterocycles. The number of quaternary nitrogens is 1. The first-order valence-electron chi connectivity index (χ1n) is 3.60. The van der Waals surface area contributed by atoms with Gasteiger partial charge >= 0.3 is 6.18 Å². The van der Waals surface area contributed by atoms with E-state index in [0.717, 1.165) is 12.1 Å². The second kappa shape index (κ2) is 3.33. The molecule has 0 bridgehead atoms. The highest BCUT2D eigenvalue weighted by molar-refractivity contribution is 5.25. The standard InChI is InChI=1S/C8H7F4N/c9-7-3-6(8(10,11)12)2-1-5(7)4-13/h1-3H,4,13H2/p+1. The van der Waals surface area contributed by atoms with Crippen LogP contribution in [0.2, 0.25) is 0 Å². The van der Waals surface area contributed by atoms with Crippen LogP contribution in [0.5, 0.6) is 0 Å². The Labute approximate surface area is 72.2 Å². The topological polar surface area (TPSA) is 27.6 Å². The maximum absolute atomic E-state index is 12.8. The predicted molar refractivity (Wildman–Crippen MR) is 38.0 cm³/mol. The molecule has 0 radical (unpaired) electrons. The Balaban J connectivity index is 3.10. The van der Waals surface area contributed by atoms with E-state index in [4.69, 9.17) is 0 Å². The van der Waals surface area contributed by atoms with Gasteiger partial charge in [0.25, 0.3) is 0 Å². The van der Waals surface area contributed by atoms with Crippen LogP contribution >= 0.6 is 0 Å². The van der Waals surface area contributed by atoms with Gasteiger partial charge in [-0.2, -0.15) is 13.2 Å². The zero-order chi connectivity index (χ0) is 10.1. The Morgan fingerprint density at radius 3 is 2.23 bits per heavy atom. The molecule has 0 saturated heterocycles. The van der Waals surface area contributed by atoms with Crippen molar-refractivity contribution in [2.24, 2.45) is 0 Å². The third-order valence-electron chi connectivity index (χ3n) is 1.65. The molecule has 0 spiro atoms. The molecule has 0 unspecified atom stereocenters. The third kappa shape index (κ3) is 2.18. The first-order chi connectivity index (χ1) is 5.95.